The summed E-state index contributed by atoms with van der Waals surface area (Å²) in [7, 11) is 2.16. The highest BCUT2D eigenvalue weighted by Gasteiger charge is 2.19. The molecule has 1 N–H and O–H groups in total. The van der Waals surface area contributed by atoms with Crippen molar-refractivity contribution in [1.29, 1.82) is 0 Å². The van der Waals surface area contributed by atoms with Crippen LogP contribution >= 0.6 is 0 Å². The molecule has 1 aromatic heterocycles. The Morgan fingerprint density at radius 2 is 1.76 bits per heavy atom. The molecular weight excluding hydrogens is 258 g/mol. The van der Waals surface area contributed by atoms with Gasteiger partial charge in [0.25, 0.3) is 0 Å². The first-order chi connectivity index (χ1) is 9.73. The van der Waals surface area contributed by atoms with E-state index in [0.717, 1.165) is 24.6 Å². The van der Waals surface area contributed by atoms with Crippen molar-refractivity contribution in [2.24, 2.45) is 11.8 Å². The molecule has 3 heteroatoms. The Balaban J connectivity index is 3.05. The number of nitrogens with zero attached hydrogens (tertiary/aromatic N) is 2. The largest absolute Gasteiger partial charge is 0.356 e. The minimum absolute atomic E-state index is 0.475. The molecule has 1 rings (SSSR count). The SMILES string of the molecule is Cc1cc(C)c(CNCC(C)C)c(N(C)C(C)C(C)C)n1. The summed E-state index contributed by atoms with van der Waals surface area (Å²) in [5.74, 6) is 2.40. The van der Waals surface area contributed by atoms with Gasteiger partial charge in [0.15, 0.2) is 0 Å². The third kappa shape index (κ3) is 4.99. The lowest BCUT2D eigenvalue weighted by Gasteiger charge is -2.31. The molecule has 0 saturated heterocycles. The first kappa shape index (κ1) is 18.0. The molecular formula is C18H33N3. The van der Waals surface area contributed by atoms with E-state index in [2.05, 4.69) is 71.8 Å². The molecule has 0 bridgehead atoms. The summed E-state index contributed by atoms with van der Waals surface area (Å²) in [5.41, 5.74) is 3.76. The monoisotopic (exact) mass is 291 g/mol. The average Bonchev–Trinajstić information content (AvgIpc) is 2.38. The first-order valence-corrected chi connectivity index (χ1v) is 8.14. The molecule has 1 aromatic rings. The van der Waals surface area contributed by atoms with Crippen LogP contribution in [0.5, 0.6) is 0 Å². The van der Waals surface area contributed by atoms with E-state index in [1.807, 2.05) is 0 Å². The lowest BCUT2D eigenvalue weighted by Crippen LogP contribution is -2.35. The van der Waals surface area contributed by atoms with Gasteiger partial charge in [0, 0.05) is 30.9 Å². The minimum atomic E-state index is 0.475. The highest BCUT2D eigenvalue weighted by molar-refractivity contribution is 5.51. The van der Waals surface area contributed by atoms with Crippen LogP contribution in [0, 0.1) is 25.7 Å². The van der Waals surface area contributed by atoms with Gasteiger partial charge in [0.05, 0.1) is 0 Å². The second-order valence-electron chi connectivity index (χ2n) is 7.00. The van der Waals surface area contributed by atoms with Crippen LogP contribution in [-0.4, -0.2) is 24.6 Å². The number of aromatic nitrogens is 1. The summed E-state index contributed by atoms with van der Waals surface area (Å²) >= 11 is 0. The number of nitrogens with one attached hydrogen (secondary N) is 1. The van der Waals surface area contributed by atoms with Crippen LogP contribution in [0.15, 0.2) is 6.07 Å². The quantitative estimate of drug-likeness (QED) is 0.825. The van der Waals surface area contributed by atoms with Crippen LogP contribution < -0.4 is 10.2 Å². The molecule has 0 amide bonds. The van der Waals surface area contributed by atoms with Gasteiger partial charge < -0.3 is 10.2 Å². The van der Waals surface area contributed by atoms with Crippen molar-refractivity contribution in [3.63, 3.8) is 0 Å². The molecule has 0 aliphatic carbocycles. The zero-order valence-electron chi connectivity index (χ0n) is 15.1. The molecule has 0 aliphatic heterocycles. The summed E-state index contributed by atoms with van der Waals surface area (Å²) in [5, 5.41) is 3.56. The molecule has 3 nitrogen and oxygen atoms in total. The molecule has 0 aliphatic rings. The average molecular weight is 291 g/mol. The lowest BCUT2D eigenvalue weighted by atomic mass is 10.0. The van der Waals surface area contributed by atoms with Gasteiger partial charge in [-0.1, -0.05) is 27.7 Å². The van der Waals surface area contributed by atoms with Crippen molar-refractivity contribution in [2.75, 3.05) is 18.5 Å². The minimum Gasteiger partial charge on any atom is -0.356 e. The van der Waals surface area contributed by atoms with Crippen molar-refractivity contribution in [1.82, 2.24) is 10.3 Å². The molecule has 1 heterocycles. The molecule has 21 heavy (non-hydrogen) atoms. The number of pyridine rings is 1. The number of hydrogen-bond donors (Lipinski definition) is 1. The van der Waals surface area contributed by atoms with Crippen molar-refractivity contribution < 1.29 is 0 Å². The van der Waals surface area contributed by atoms with Gasteiger partial charge in [0.2, 0.25) is 0 Å². The van der Waals surface area contributed by atoms with Crippen LogP contribution in [0.25, 0.3) is 0 Å². The van der Waals surface area contributed by atoms with Crippen LogP contribution in [0.4, 0.5) is 5.82 Å². The fourth-order valence-electron chi connectivity index (χ4n) is 2.48. The summed E-state index contributed by atoms with van der Waals surface area (Å²) in [6.45, 7) is 17.5. The van der Waals surface area contributed by atoms with Gasteiger partial charge in [0.1, 0.15) is 5.82 Å². The third-order valence-corrected chi connectivity index (χ3v) is 4.22. The molecule has 0 saturated carbocycles. The number of aryl methyl sites for hydroxylation is 2. The molecule has 1 unspecified atom stereocenters. The van der Waals surface area contributed by atoms with E-state index in [1.165, 1.54) is 11.1 Å². The number of rotatable bonds is 7. The van der Waals surface area contributed by atoms with E-state index in [1.54, 1.807) is 0 Å². The van der Waals surface area contributed by atoms with Crippen LogP contribution in [-0.2, 0) is 6.54 Å². The van der Waals surface area contributed by atoms with Crippen LogP contribution in [0.1, 0.15) is 51.4 Å². The first-order valence-electron chi connectivity index (χ1n) is 8.14. The van der Waals surface area contributed by atoms with E-state index in [9.17, 15) is 0 Å². The summed E-state index contributed by atoms with van der Waals surface area (Å²) in [6.07, 6.45) is 0. The topological polar surface area (TPSA) is 28.2 Å². The highest BCUT2D eigenvalue weighted by atomic mass is 15.2. The molecule has 0 radical (unpaired) electrons. The van der Waals surface area contributed by atoms with E-state index in [0.29, 0.717) is 17.9 Å². The highest BCUT2D eigenvalue weighted by Crippen LogP contribution is 2.25. The Bertz CT molecular complexity index is 452. The lowest BCUT2D eigenvalue weighted by molar-refractivity contribution is 0.499. The fourth-order valence-corrected chi connectivity index (χ4v) is 2.48. The second kappa shape index (κ2) is 7.79. The van der Waals surface area contributed by atoms with Crippen molar-refractivity contribution in [2.45, 2.75) is 61.1 Å². The molecule has 120 valence electrons. The maximum Gasteiger partial charge on any atom is 0.133 e. The van der Waals surface area contributed by atoms with E-state index in [4.69, 9.17) is 4.98 Å². The zero-order valence-corrected chi connectivity index (χ0v) is 15.1. The Kier molecular flexibility index (Phi) is 6.66. The Labute approximate surface area is 131 Å². The number of anilines is 1. The van der Waals surface area contributed by atoms with Gasteiger partial charge in [-0.2, -0.15) is 0 Å². The Hall–Kier alpha value is -1.09. The second-order valence-corrected chi connectivity index (χ2v) is 7.00. The van der Waals surface area contributed by atoms with Gasteiger partial charge in [-0.25, -0.2) is 4.98 Å². The van der Waals surface area contributed by atoms with Gasteiger partial charge in [-0.3, -0.25) is 0 Å². The van der Waals surface area contributed by atoms with Crippen molar-refractivity contribution in [3.05, 3.63) is 22.9 Å². The molecule has 0 spiro atoms. The van der Waals surface area contributed by atoms with E-state index in [-0.39, 0.29) is 0 Å². The molecule has 0 fully saturated rings. The molecule has 1 atom stereocenters. The summed E-state index contributed by atoms with van der Waals surface area (Å²) < 4.78 is 0. The standard InChI is InChI=1S/C18H33N3/c1-12(2)10-19-11-17-14(5)9-15(6)20-18(17)21(8)16(7)13(3)4/h9,12-13,16,19H,10-11H2,1-8H3. The maximum atomic E-state index is 4.82. The predicted molar refractivity (Wildman–Crippen MR) is 93.0 cm³/mol. The maximum absolute atomic E-state index is 4.82. The van der Waals surface area contributed by atoms with E-state index >= 15 is 0 Å². The van der Waals surface area contributed by atoms with Crippen LogP contribution in [0.3, 0.4) is 0 Å². The molecule has 0 aromatic carbocycles. The Morgan fingerprint density at radius 1 is 1.14 bits per heavy atom. The summed E-state index contributed by atoms with van der Waals surface area (Å²) in [6, 6.07) is 2.66. The van der Waals surface area contributed by atoms with Crippen LogP contribution in [0.2, 0.25) is 0 Å². The Morgan fingerprint density at radius 3 is 2.29 bits per heavy atom. The number of hydrogen-bond acceptors (Lipinski definition) is 3. The third-order valence-electron chi connectivity index (χ3n) is 4.22. The smallest absolute Gasteiger partial charge is 0.133 e. The summed E-state index contributed by atoms with van der Waals surface area (Å²) in [4.78, 5) is 7.15. The fraction of sp³-hybridized carbons (Fsp3) is 0.722. The van der Waals surface area contributed by atoms with Gasteiger partial charge >= 0.3 is 0 Å². The van der Waals surface area contributed by atoms with Crippen molar-refractivity contribution in [3.8, 4) is 0 Å². The zero-order chi connectivity index (χ0) is 16.2. The van der Waals surface area contributed by atoms with Gasteiger partial charge in [-0.15, -0.1) is 0 Å². The van der Waals surface area contributed by atoms with Gasteiger partial charge in [-0.05, 0) is 50.8 Å². The normalized spacial score (nSPS) is 13.0. The van der Waals surface area contributed by atoms with E-state index < -0.39 is 0 Å². The predicted octanol–water partition coefficient (Wildman–Crippen LogP) is 3.92. The van der Waals surface area contributed by atoms with Crippen molar-refractivity contribution >= 4 is 5.82 Å².